The van der Waals surface area contributed by atoms with Gasteiger partial charge in [-0.2, -0.15) is 5.10 Å². The minimum Gasteiger partial charge on any atom is -0.268 e. The van der Waals surface area contributed by atoms with Gasteiger partial charge in [0.2, 0.25) is 0 Å². The second kappa shape index (κ2) is 5.23. The number of hydrogen-bond acceptors (Lipinski definition) is 1. The monoisotopic (exact) mass is 270 g/mol. The third-order valence-corrected chi connectivity index (χ3v) is 4.10. The van der Waals surface area contributed by atoms with Crippen LogP contribution < -0.4 is 0 Å². The summed E-state index contributed by atoms with van der Waals surface area (Å²) in [5.41, 5.74) is 3.89. The number of aromatic nitrogens is 2. The maximum atomic E-state index is 14.1. The molecule has 0 N–H and O–H groups in total. The molecular formula is C17H19FN2. The van der Waals surface area contributed by atoms with Gasteiger partial charge in [-0.25, -0.2) is 4.39 Å². The number of benzene rings is 1. The first kappa shape index (κ1) is 13.1. The zero-order chi connectivity index (χ0) is 14.1. The predicted molar refractivity (Wildman–Crippen MR) is 79.0 cm³/mol. The summed E-state index contributed by atoms with van der Waals surface area (Å²) >= 11 is 0. The topological polar surface area (TPSA) is 17.8 Å². The van der Waals surface area contributed by atoms with Crippen molar-refractivity contribution < 1.29 is 4.39 Å². The van der Waals surface area contributed by atoms with Gasteiger partial charge in [-0.05, 0) is 42.5 Å². The van der Waals surface area contributed by atoms with Gasteiger partial charge in [0, 0.05) is 18.2 Å². The Morgan fingerprint density at radius 2 is 2.25 bits per heavy atom. The number of allylic oxidation sites excluding steroid dienone is 1. The SMILES string of the molecule is C=C(CC)c1cc2n(n1)CCCC2c1ccccc1F. The van der Waals surface area contributed by atoms with Gasteiger partial charge in [0.15, 0.2) is 0 Å². The number of hydrogen-bond donors (Lipinski definition) is 0. The highest BCUT2D eigenvalue weighted by molar-refractivity contribution is 5.60. The molecule has 1 unspecified atom stereocenters. The minimum atomic E-state index is -0.122. The number of rotatable bonds is 3. The molecule has 3 heteroatoms. The summed E-state index contributed by atoms with van der Waals surface area (Å²) in [6, 6.07) is 9.15. The molecule has 0 spiro atoms. The Morgan fingerprint density at radius 3 is 3.00 bits per heavy atom. The van der Waals surface area contributed by atoms with Crippen LogP contribution in [0.2, 0.25) is 0 Å². The first-order valence-electron chi connectivity index (χ1n) is 7.21. The van der Waals surface area contributed by atoms with Gasteiger partial charge >= 0.3 is 0 Å². The van der Waals surface area contributed by atoms with Crippen LogP contribution in [0.25, 0.3) is 5.57 Å². The molecule has 0 saturated heterocycles. The lowest BCUT2D eigenvalue weighted by Gasteiger charge is -2.24. The lowest BCUT2D eigenvalue weighted by atomic mass is 9.88. The number of fused-ring (bicyclic) bond motifs is 1. The molecule has 0 fully saturated rings. The standard InChI is InChI=1S/C17H19FN2/c1-3-12(2)16-11-17-14(8-6-10-20(17)19-16)13-7-4-5-9-15(13)18/h4-5,7,9,11,14H,2-3,6,8,10H2,1H3. The van der Waals surface area contributed by atoms with Crippen molar-refractivity contribution in [3.8, 4) is 0 Å². The highest BCUT2D eigenvalue weighted by Crippen LogP contribution is 2.35. The van der Waals surface area contributed by atoms with Crippen molar-refractivity contribution in [1.82, 2.24) is 9.78 Å². The molecule has 1 aromatic heterocycles. The molecule has 0 bridgehead atoms. The molecule has 1 aliphatic heterocycles. The summed E-state index contributed by atoms with van der Waals surface area (Å²) in [4.78, 5) is 0. The molecule has 104 valence electrons. The zero-order valence-corrected chi connectivity index (χ0v) is 11.8. The van der Waals surface area contributed by atoms with Crippen molar-refractivity contribution in [3.05, 3.63) is 59.7 Å². The Balaban J connectivity index is 2.04. The van der Waals surface area contributed by atoms with Crippen molar-refractivity contribution in [2.24, 2.45) is 0 Å². The van der Waals surface area contributed by atoms with E-state index in [9.17, 15) is 4.39 Å². The van der Waals surface area contributed by atoms with Crippen LogP contribution in [-0.4, -0.2) is 9.78 Å². The Bertz CT molecular complexity index is 642. The quantitative estimate of drug-likeness (QED) is 0.809. The highest BCUT2D eigenvalue weighted by atomic mass is 19.1. The minimum absolute atomic E-state index is 0.107. The summed E-state index contributed by atoms with van der Waals surface area (Å²) in [6.45, 7) is 7.04. The van der Waals surface area contributed by atoms with Crippen LogP contribution in [0.5, 0.6) is 0 Å². The van der Waals surface area contributed by atoms with Crippen molar-refractivity contribution in [2.75, 3.05) is 0 Å². The summed E-state index contributed by atoms with van der Waals surface area (Å²) in [6.07, 6.45) is 2.90. The van der Waals surface area contributed by atoms with E-state index < -0.39 is 0 Å². The van der Waals surface area contributed by atoms with E-state index in [2.05, 4.69) is 24.7 Å². The molecule has 1 aromatic carbocycles. The first-order valence-corrected chi connectivity index (χ1v) is 7.21. The fourth-order valence-corrected chi connectivity index (χ4v) is 2.91. The predicted octanol–water partition coefficient (Wildman–Crippen LogP) is 4.37. The number of halogens is 1. The largest absolute Gasteiger partial charge is 0.268 e. The number of nitrogens with zero attached hydrogens (tertiary/aromatic N) is 2. The van der Waals surface area contributed by atoms with Gasteiger partial charge in [-0.3, -0.25) is 4.68 Å². The van der Waals surface area contributed by atoms with E-state index in [0.29, 0.717) is 0 Å². The molecule has 0 amide bonds. The van der Waals surface area contributed by atoms with Crippen LogP contribution in [0.3, 0.4) is 0 Å². The summed E-state index contributed by atoms with van der Waals surface area (Å²) < 4.78 is 16.1. The Hall–Kier alpha value is -1.90. The zero-order valence-electron chi connectivity index (χ0n) is 11.8. The van der Waals surface area contributed by atoms with Gasteiger partial charge < -0.3 is 0 Å². The van der Waals surface area contributed by atoms with Crippen LogP contribution in [0.4, 0.5) is 4.39 Å². The maximum Gasteiger partial charge on any atom is 0.127 e. The van der Waals surface area contributed by atoms with E-state index in [1.165, 1.54) is 6.07 Å². The van der Waals surface area contributed by atoms with E-state index in [1.807, 2.05) is 16.8 Å². The van der Waals surface area contributed by atoms with Crippen molar-refractivity contribution in [3.63, 3.8) is 0 Å². The fraction of sp³-hybridized carbons (Fsp3) is 0.353. The van der Waals surface area contributed by atoms with Crippen LogP contribution in [-0.2, 0) is 6.54 Å². The van der Waals surface area contributed by atoms with Gasteiger partial charge in [0.25, 0.3) is 0 Å². The van der Waals surface area contributed by atoms with Crippen LogP contribution >= 0.6 is 0 Å². The normalized spacial score (nSPS) is 17.8. The molecule has 1 atom stereocenters. The molecule has 20 heavy (non-hydrogen) atoms. The molecular weight excluding hydrogens is 251 g/mol. The van der Waals surface area contributed by atoms with Gasteiger partial charge in [0.05, 0.1) is 5.69 Å². The van der Waals surface area contributed by atoms with Gasteiger partial charge in [0.1, 0.15) is 5.82 Å². The van der Waals surface area contributed by atoms with Crippen LogP contribution in [0.1, 0.15) is 49.1 Å². The van der Waals surface area contributed by atoms with Crippen LogP contribution in [0.15, 0.2) is 36.9 Å². The van der Waals surface area contributed by atoms with Crippen molar-refractivity contribution in [1.29, 1.82) is 0 Å². The second-order valence-corrected chi connectivity index (χ2v) is 5.35. The van der Waals surface area contributed by atoms with Crippen LogP contribution in [0, 0.1) is 5.82 Å². The maximum absolute atomic E-state index is 14.1. The summed E-state index contributed by atoms with van der Waals surface area (Å²) in [5.74, 6) is -0.0149. The molecule has 2 nitrogen and oxygen atoms in total. The molecule has 3 rings (SSSR count). The van der Waals surface area contributed by atoms with E-state index >= 15 is 0 Å². The van der Waals surface area contributed by atoms with Crippen molar-refractivity contribution in [2.45, 2.75) is 38.6 Å². The Kier molecular flexibility index (Phi) is 3.43. The van der Waals surface area contributed by atoms with E-state index in [-0.39, 0.29) is 11.7 Å². The van der Waals surface area contributed by atoms with E-state index in [1.54, 1.807) is 6.07 Å². The van der Waals surface area contributed by atoms with E-state index in [4.69, 9.17) is 0 Å². The third kappa shape index (κ3) is 2.17. The molecule has 0 saturated carbocycles. The lowest BCUT2D eigenvalue weighted by molar-refractivity contribution is 0.443. The van der Waals surface area contributed by atoms with Gasteiger partial charge in [-0.15, -0.1) is 0 Å². The highest BCUT2D eigenvalue weighted by Gasteiger charge is 2.26. The second-order valence-electron chi connectivity index (χ2n) is 5.35. The summed E-state index contributed by atoms with van der Waals surface area (Å²) in [7, 11) is 0. The molecule has 0 aliphatic carbocycles. The third-order valence-electron chi connectivity index (χ3n) is 4.10. The average Bonchev–Trinajstić information content (AvgIpc) is 2.91. The number of aryl methyl sites for hydroxylation is 1. The lowest BCUT2D eigenvalue weighted by Crippen LogP contribution is -2.17. The molecule has 0 radical (unpaired) electrons. The van der Waals surface area contributed by atoms with Crippen molar-refractivity contribution >= 4 is 5.57 Å². The molecule has 2 heterocycles. The molecule has 2 aromatic rings. The van der Waals surface area contributed by atoms with E-state index in [0.717, 1.165) is 48.3 Å². The summed E-state index contributed by atoms with van der Waals surface area (Å²) in [5, 5.41) is 4.62. The first-order chi connectivity index (χ1) is 9.70. The Labute approximate surface area is 118 Å². The Morgan fingerprint density at radius 1 is 1.45 bits per heavy atom. The van der Waals surface area contributed by atoms with Gasteiger partial charge in [-0.1, -0.05) is 31.7 Å². The fourth-order valence-electron chi connectivity index (χ4n) is 2.91. The average molecular weight is 270 g/mol. The molecule has 1 aliphatic rings. The smallest absolute Gasteiger partial charge is 0.127 e.